The van der Waals surface area contributed by atoms with Crippen LogP contribution in [0.5, 0.6) is 5.75 Å². The molecule has 0 bridgehead atoms. The van der Waals surface area contributed by atoms with Gasteiger partial charge in [-0.15, -0.1) is 0 Å². The summed E-state index contributed by atoms with van der Waals surface area (Å²) in [5.41, 5.74) is 1.38. The van der Waals surface area contributed by atoms with Gasteiger partial charge in [0.05, 0.1) is 0 Å². The molecule has 0 aliphatic carbocycles. The van der Waals surface area contributed by atoms with Crippen LogP contribution in [-0.2, 0) is 6.42 Å². The summed E-state index contributed by atoms with van der Waals surface area (Å²) in [7, 11) is 0. The zero-order chi connectivity index (χ0) is 10.3. The normalized spacial score (nSPS) is 28.9. The molecule has 1 saturated heterocycles. The highest BCUT2D eigenvalue weighted by Gasteiger charge is 2.40. The van der Waals surface area contributed by atoms with Crippen LogP contribution in [0.2, 0.25) is 0 Å². The van der Waals surface area contributed by atoms with E-state index in [0.29, 0.717) is 0 Å². The highest BCUT2D eigenvalue weighted by molar-refractivity contribution is 9.10. The first-order valence-electron chi connectivity index (χ1n) is 5.46. The zero-order valence-electron chi connectivity index (χ0n) is 8.55. The summed E-state index contributed by atoms with van der Waals surface area (Å²) in [5, 5.41) is 3.43. The molecule has 1 spiro atoms. The fourth-order valence-electron chi connectivity index (χ4n) is 2.58. The van der Waals surface area contributed by atoms with E-state index in [1.54, 1.807) is 0 Å². The number of fused-ring (bicyclic) bond motifs is 1. The molecule has 0 saturated carbocycles. The van der Waals surface area contributed by atoms with Crippen LogP contribution in [0.15, 0.2) is 22.7 Å². The minimum absolute atomic E-state index is 0.0430. The third-order valence-corrected chi connectivity index (χ3v) is 3.79. The third-order valence-electron chi connectivity index (χ3n) is 3.29. The van der Waals surface area contributed by atoms with E-state index in [2.05, 4.69) is 33.4 Å². The largest absolute Gasteiger partial charge is 0.485 e. The molecule has 1 aromatic rings. The van der Waals surface area contributed by atoms with Crippen molar-refractivity contribution in [2.75, 3.05) is 13.1 Å². The SMILES string of the molecule is Brc1ccc2c(c1)C[C@@]1(CCCNC1)O2. The maximum atomic E-state index is 6.11. The Balaban J connectivity index is 1.90. The summed E-state index contributed by atoms with van der Waals surface area (Å²) in [5.74, 6) is 1.07. The lowest BCUT2D eigenvalue weighted by molar-refractivity contribution is 0.0660. The summed E-state index contributed by atoms with van der Waals surface area (Å²) in [6.07, 6.45) is 3.44. The van der Waals surface area contributed by atoms with Crippen molar-refractivity contribution in [3.05, 3.63) is 28.2 Å². The number of rotatable bonds is 0. The number of ether oxygens (including phenoxy) is 1. The molecule has 15 heavy (non-hydrogen) atoms. The Hall–Kier alpha value is -0.540. The van der Waals surface area contributed by atoms with Gasteiger partial charge in [0.15, 0.2) is 0 Å². The van der Waals surface area contributed by atoms with E-state index in [-0.39, 0.29) is 5.60 Å². The van der Waals surface area contributed by atoms with Gasteiger partial charge in [0.2, 0.25) is 0 Å². The molecule has 0 aromatic heterocycles. The summed E-state index contributed by atoms with van der Waals surface area (Å²) in [6.45, 7) is 2.12. The van der Waals surface area contributed by atoms with Crippen molar-refractivity contribution in [3.63, 3.8) is 0 Å². The maximum Gasteiger partial charge on any atom is 0.126 e. The topological polar surface area (TPSA) is 21.3 Å². The number of hydrogen-bond acceptors (Lipinski definition) is 2. The van der Waals surface area contributed by atoms with E-state index in [4.69, 9.17) is 4.74 Å². The van der Waals surface area contributed by atoms with Gasteiger partial charge in [-0.05, 0) is 43.1 Å². The molecule has 2 heterocycles. The molecule has 1 fully saturated rings. The van der Waals surface area contributed by atoms with E-state index in [9.17, 15) is 0 Å². The van der Waals surface area contributed by atoms with Crippen molar-refractivity contribution in [2.45, 2.75) is 24.9 Å². The monoisotopic (exact) mass is 267 g/mol. The van der Waals surface area contributed by atoms with E-state index >= 15 is 0 Å². The highest BCUT2D eigenvalue weighted by Crippen LogP contribution is 2.39. The maximum absolute atomic E-state index is 6.11. The second-order valence-electron chi connectivity index (χ2n) is 4.49. The molecule has 3 rings (SSSR count). The first kappa shape index (κ1) is 9.67. The van der Waals surface area contributed by atoms with Crippen molar-refractivity contribution in [1.29, 1.82) is 0 Å². The second kappa shape index (κ2) is 3.49. The summed E-state index contributed by atoms with van der Waals surface area (Å²) >= 11 is 3.51. The standard InChI is InChI=1S/C12H14BrNO/c13-10-2-3-11-9(6-10)7-12(15-11)4-1-5-14-8-12/h2-3,6,14H,1,4-5,7-8H2/t12-/m1/s1. The molecule has 2 aliphatic heterocycles. The van der Waals surface area contributed by atoms with Crippen molar-refractivity contribution >= 4 is 15.9 Å². The van der Waals surface area contributed by atoms with Gasteiger partial charge in [-0.1, -0.05) is 15.9 Å². The van der Waals surface area contributed by atoms with Crippen LogP contribution in [0.25, 0.3) is 0 Å². The smallest absolute Gasteiger partial charge is 0.126 e. The number of benzene rings is 1. The minimum atomic E-state index is 0.0430. The van der Waals surface area contributed by atoms with Crippen LogP contribution in [0.4, 0.5) is 0 Å². The minimum Gasteiger partial charge on any atom is -0.485 e. The fourth-order valence-corrected chi connectivity index (χ4v) is 2.99. The average Bonchev–Trinajstić information content (AvgIpc) is 2.56. The first-order valence-corrected chi connectivity index (χ1v) is 6.25. The van der Waals surface area contributed by atoms with Gasteiger partial charge >= 0.3 is 0 Å². The van der Waals surface area contributed by atoms with Crippen LogP contribution in [0, 0.1) is 0 Å². The van der Waals surface area contributed by atoms with Gasteiger partial charge in [0.25, 0.3) is 0 Å². The number of halogens is 1. The van der Waals surface area contributed by atoms with Crippen molar-refractivity contribution in [2.24, 2.45) is 0 Å². The van der Waals surface area contributed by atoms with E-state index in [1.165, 1.54) is 18.4 Å². The van der Waals surface area contributed by atoms with Crippen LogP contribution in [-0.4, -0.2) is 18.7 Å². The van der Waals surface area contributed by atoms with Crippen molar-refractivity contribution in [1.82, 2.24) is 5.32 Å². The van der Waals surface area contributed by atoms with Crippen LogP contribution in [0.3, 0.4) is 0 Å². The molecule has 80 valence electrons. The highest BCUT2D eigenvalue weighted by atomic mass is 79.9. The van der Waals surface area contributed by atoms with Gasteiger partial charge in [0, 0.05) is 17.4 Å². The third kappa shape index (κ3) is 1.68. The second-order valence-corrected chi connectivity index (χ2v) is 5.41. The lowest BCUT2D eigenvalue weighted by atomic mass is 9.89. The zero-order valence-corrected chi connectivity index (χ0v) is 10.1. The van der Waals surface area contributed by atoms with Crippen LogP contribution < -0.4 is 10.1 Å². The number of hydrogen-bond donors (Lipinski definition) is 1. The van der Waals surface area contributed by atoms with E-state index < -0.39 is 0 Å². The Bertz CT molecular complexity index is 385. The molecule has 2 aliphatic rings. The van der Waals surface area contributed by atoms with Gasteiger partial charge in [-0.25, -0.2) is 0 Å². The molecule has 1 N–H and O–H groups in total. The number of piperidine rings is 1. The Labute approximate surface area is 98.1 Å². The van der Waals surface area contributed by atoms with Gasteiger partial charge in [-0.3, -0.25) is 0 Å². The van der Waals surface area contributed by atoms with Crippen molar-refractivity contribution in [3.8, 4) is 5.75 Å². The molecule has 1 aromatic carbocycles. The number of nitrogens with one attached hydrogen (secondary N) is 1. The first-order chi connectivity index (χ1) is 7.27. The molecule has 0 radical (unpaired) electrons. The lowest BCUT2D eigenvalue weighted by Gasteiger charge is -2.33. The quantitative estimate of drug-likeness (QED) is 0.780. The van der Waals surface area contributed by atoms with E-state index in [0.717, 1.165) is 29.7 Å². The Kier molecular flexibility index (Phi) is 2.25. The van der Waals surface area contributed by atoms with Crippen LogP contribution in [0.1, 0.15) is 18.4 Å². The summed E-state index contributed by atoms with van der Waals surface area (Å²) < 4.78 is 7.25. The van der Waals surface area contributed by atoms with Gasteiger partial charge in [0.1, 0.15) is 11.4 Å². The predicted molar refractivity (Wildman–Crippen MR) is 63.3 cm³/mol. The Morgan fingerprint density at radius 2 is 2.33 bits per heavy atom. The fraction of sp³-hybridized carbons (Fsp3) is 0.500. The lowest BCUT2D eigenvalue weighted by Crippen LogP contribution is -2.49. The van der Waals surface area contributed by atoms with Crippen LogP contribution >= 0.6 is 15.9 Å². The average molecular weight is 268 g/mol. The van der Waals surface area contributed by atoms with Gasteiger partial charge in [-0.2, -0.15) is 0 Å². The molecule has 1 atom stereocenters. The molecule has 3 heteroatoms. The van der Waals surface area contributed by atoms with E-state index in [1.807, 2.05) is 6.07 Å². The molecule has 0 unspecified atom stereocenters. The summed E-state index contributed by atoms with van der Waals surface area (Å²) in [6, 6.07) is 6.30. The molecular weight excluding hydrogens is 254 g/mol. The Morgan fingerprint density at radius 3 is 3.13 bits per heavy atom. The summed E-state index contributed by atoms with van der Waals surface area (Å²) in [4.78, 5) is 0. The molecular formula is C12H14BrNO. The predicted octanol–water partition coefficient (Wildman–Crippen LogP) is 2.51. The molecule has 2 nitrogen and oxygen atoms in total. The van der Waals surface area contributed by atoms with Crippen molar-refractivity contribution < 1.29 is 4.74 Å². The Morgan fingerprint density at radius 1 is 1.40 bits per heavy atom. The van der Waals surface area contributed by atoms with Gasteiger partial charge < -0.3 is 10.1 Å². The molecule has 0 amide bonds.